The van der Waals surface area contributed by atoms with E-state index in [0.717, 1.165) is 11.6 Å². The van der Waals surface area contributed by atoms with E-state index < -0.39 is 17.5 Å². The lowest BCUT2D eigenvalue weighted by Crippen LogP contribution is -2.14. The highest BCUT2D eigenvalue weighted by Crippen LogP contribution is 2.23. The molecule has 1 N–H and O–H groups in total. The summed E-state index contributed by atoms with van der Waals surface area (Å²) in [5.74, 6) is -1.23. The fraction of sp³-hybridized carbons (Fsp3) is 0.235. The molecule has 1 amide bonds. The molecule has 0 aliphatic heterocycles. The Bertz CT molecular complexity index is 682. The van der Waals surface area contributed by atoms with Crippen LogP contribution in [0.3, 0.4) is 0 Å². The number of rotatable bonds is 6. The van der Waals surface area contributed by atoms with Crippen molar-refractivity contribution in [1.29, 1.82) is 0 Å². The second kappa shape index (κ2) is 7.58. The predicted octanol–water partition coefficient (Wildman–Crippen LogP) is 3.55. The molecule has 0 spiro atoms. The number of ether oxygens (including phenoxy) is 2. The van der Waals surface area contributed by atoms with E-state index in [9.17, 15) is 13.6 Å². The van der Waals surface area contributed by atoms with Crippen LogP contribution in [-0.2, 0) is 11.2 Å². The largest absolute Gasteiger partial charge is 0.497 e. The average molecular weight is 321 g/mol. The number of methoxy groups -OCH3 is 2. The summed E-state index contributed by atoms with van der Waals surface area (Å²) in [6, 6.07) is 8.95. The van der Waals surface area contributed by atoms with Gasteiger partial charge < -0.3 is 14.8 Å². The first-order valence-electron chi connectivity index (χ1n) is 6.99. The van der Waals surface area contributed by atoms with Crippen LogP contribution in [-0.4, -0.2) is 20.1 Å². The van der Waals surface area contributed by atoms with Gasteiger partial charge in [-0.3, -0.25) is 4.79 Å². The molecule has 0 radical (unpaired) electrons. The third kappa shape index (κ3) is 4.42. The summed E-state index contributed by atoms with van der Waals surface area (Å²) in [6.07, 6.45) is 0.530. The zero-order valence-electron chi connectivity index (χ0n) is 12.9. The number of nitrogens with one attached hydrogen (secondary N) is 1. The van der Waals surface area contributed by atoms with Gasteiger partial charge in [0.25, 0.3) is 0 Å². The predicted molar refractivity (Wildman–Crippen MR) is 82.9 cm³/mol. The Morgan fingerprint density at radius 3 is 2.35 bits per heavy atom. The number of aryl methyl sites for hydroxylation is 1. The van der Waals surface area contributed by atoms with Crippen LogP contribution in [0, 0.1) is 11.6 Å². The molecule has 0 saturated heterocycles. The molecule has 0 aliphatic rings. The number of carbonyl (C=O) groups is 1. The lowest BCUT2D eigenvalue weighted by Gasteiger charge is -2.09. The molecule has 122 valence electrons. The maximum Gasteiger partial charge on any atom is 0.224 e. The number of anilines is 1. The molecule has 2 rings (SSSR count). The van der Waals surface area contributed by atoms with Gasteiger partial charge in [-0.05, 0) is 36.2 Å². The van der Waals surface area contributed by atoms with Crippen LogP contribution in [0.1, 0.15) is 12.0 Å². The standard InChI is InChI=1S/C17H17F2NO3/c1-22-12-8-11(9-13(10-12)23-2)6-7-16(21)20-15-5-3-4-14(18)17(15)19/h3-5,8-10H,6-7H2,1-2H3,(H,20,21). The van der Waals surface area contributed by atoms with Crippen molar-refractivity contribution in [3.63, 3.8) is 0 Å². The molecule has 4 nitrogen and oxygen atoms in total. The molecule has 0 saturated carbocycles. The van der Waals surface area contributed by atoms with Gasteiger partial charge in [0.15, 0.2) is 11.6 Å². The zero-order chi connectivity index (χ0) is 16.8. The summed E-state index contributed by atoms with van der Waals surface area (Å²) in [6.45, 7) is 0. The lowest BCUT2D eigenvalue weighted by molar-refractivity contribution is -0.116. The molecule has 0 unspecified atom stereocenters. The van der Waals surface area contributed by atoms with E-state index in [1.165, 1.54) is 26.4 Å². The molecule has 2 aromatic rings. The molecule has 0 aliphatic carbocycles. The van der Waals surface area contributed by atoms with E-state index in [1.54, 1.807) is 18.2 Å². The molecule has 2 aromatic carbocycles. The highest BCUT2D eigenvalue weighted by atomic mass is 19.2. The number of carbonyl (C=O) groups excluding carboxylic acids is 1. The molecule has 0 heterocycles. The number of benzene rings is 2. The van der Waals surface area contributed by atoms with E-state index >= 15 is 0 Å². The summed E-state index contributed by atoms with van der Waals surface area (Å²) < 4.78 is 36.9. The fourth-order valence-electron chi connectivity index (χ4n) is 2.08. The lowest BCUT2D eigenvalue weighted by atomic mass is 10.1. The number of hydrogen-bond acceptors (Lipinski definition) is 3. The monoisotopic (exact) mass is 321 g/mol. The van der Waals surface area contributed by atoms with E-state index in [2.05, 4.69) is 5.32 Å². The van der Waals surface area contributed by atoms with Gasteiger partial charge in [0.05, 0.1) is 19.9 Å². The Kier molecular flexibility index (Phi) is 5.51. The first-order chi connectivity index (χ1) is 11.0. The molecule has 0 atom stereocenters. The summed E-state index contributed by atoms with van der Waals surface area (Å²) in [5, 5.41) is 2.36. The second-order valence-corrected chi connectivity index (χ2v) is 4.87. The smallest absolute Gasteiger partial charge is 0.224 e. The normalized spacial score (nSPS) is 10.3. The molecular formula is C17H17F2NO3. The van der Waals surface area contributed by atoms with Crippen molar-refractivity contribution in [2.45, 2.75) is 12.8 Å². The summed E-state index contributed by atoms with van der Waals surface area (Å²) in [7, 11) is 3.08. The maximum atomic E-state index is 13.5. The van der Waals surface area contributed by atoms with Crippen LogP contribution in [0.15, 0.2) is 36.4 Å². The van der Waals surface area contributed by atoms with Crippen molar-refractivity contribution < 1.29 is 23.0 Å². The first kappa shape index (κ1) is 16.7. The first-order valence-corrected chi connectivity index (χ1v) is 6.99. The SMILES string of the molecule is COc1cc(CCC(=O)Nc2cccc(F)c2F)cc(OC)c1. The van der Waals surface area contributed by atoms with Gasteiger partial charge in [-0.25, -0.2) is 8.78 Å². The average Bonchev–Trinajstić information content (AvgIpc) is 2.56. The summed E-state index contributed by atoms with van der Waals surface area (Å²) >= 11 is 0. The minimum atomic E-state index is -1.07. The number of amides is 1. The van der Waals surface area contributed by atoms with Gasteiger partial charge in [-0.1, -0.05) is 6.07 Å². The Morgan fingerprint density at radius 1 is 1.09 bits per heavy atom. The highest BCUT2D eigenvalue weighted by Gasteiger charge is 2.11. The van der Waals surface area contributed by atoms with Crippen LogP contribution in [0.2, 0.25) is 0 Å². The van der Waals surface area contributed by atoms with Crippen LogP contribution in [0.5, 0.6) is 11.5 Å². The van der Waals surface area contributed by atoms with E-state index in [0.29, 0.717) is 17.9 Å². The van der Waals surface area contributed by atoms with E-state index in [-0.39, 0.29) is 12.1 Å². The fourth-order valence-corrected chi connectivity index (χ4v) is 2.08. The van der Waals surface area contributed by atoms with Crippen molar-refractivity contribution in [3.8, 4) is 11.5 Å². The molecule has 0 aromatic heterocycles. The van der Waals surface area contributed by atoms with Crippen molar-refractivity contribution >= 4 is 11.6 Å². The number of halogens is 2. The van der Waals surface area contributed by atoms with Gasteiger partial charge in [-0.15, -0.1) is 0 Å². The number of hydrogen-bond donors (Lipinski definition) is 1. The van der Waals surface area contributed by atoms with Crippen molar-refractivity contribution in [2.75, 3.05) is 19.5 Å². The van der Waals surface area contributed by atoms with Crippen molar-refractivity contribution in [1.82, 2.24) is 0 Å². The molecule has 0 fully saturated rings. The van der Waals surface area contributed by atoms with E-state index in [1.807, 2.05) is 0 Å². The summed E-state index contributed by atoms with van der Waals surface area (Å²) in [5.41, 5.74) is 0.675. The Morgan fingerprint density at radius 2 is 1.74 bits per heavy atom. The van der Waals surface area contributed by atoms with Gasteiger partial charge >= 0.3 is 0 Å². The third-order valence-electron chi connectivity index (χ3n) is 3.28. The zero-order valence-corrected chi connectivity index (χ0v) is 12.9. The van der Waals surface area contributed by atoms with Crippen LogP contribution in [0.4, 0.5) is 14.5 Å². The highest BCUT2D eigenvalue weighted by molar-refractivity contribution is 5.90. The Hall–Kier alpha value is -2.63. The molecular weight excluding hydrogens is 304 g/mol. The molecule has 0 bridgehead atoms. The quantitative estimate of drug-likeness (QED) is 0.885. The van der Waals surface area contributed by atoms with Gasteiger partial charge in [0, 0.05) is 12.5 Å². The second-order valence-electron chi connectivity index (χ2n) is 4.87. The van der Waals surface area contributed by atoms with Crippen LogP contribution in [0.25, 0.3) is 0 Å². The van der Waals surface area contributed by atoms with Gasteiger partial charge in [0.2, 0.25) is 5.91 Å². The topological polar surface area (TPSA) is 47.6 Å². The van der Waals surface area contributed by atoms with Crippen LogP contribution >= 0.6 is 0 Å². The van der Waals surface area contributed by atoms with Gasteiger partial charge in [0.1, 0.15) is 11.5 Å². The molecule has 23 heavy (non-hydrogen) atoms. The van der Waals surface area contributed by atoms with Gasteiger partial charge in [-0.2, -0.15) is 0 Å². The van der Waals surface area contributed by atoms with Crippen LogP contribution < -0.4 is 14.8 Å². The van der Waals surface area contributed by atoms with Crippen molar-refractivity contribution in [3.05, 3.63) is 53.6 Å². The van der Waals surface area contributed by atoms with E-state index in [4.69, 9.17) is 9.47 Å². The Labute approximate surface area is 133 Å². The third-order valence-corrected chi connectivity index (χ3v) is 3.28. The maximum absolute atomic E-state index is 13.5. The summed E-state index contributed by atoms with van der Waals surface area (Å²) in [4.78, 5) is 11.9. The minimum Gasteiger partial charge on any atom is -0.497 e. The minimum absolute atomic E-state index is 0.117. The molecule has 6 heteroatoms. The van der Waals surface area contributed by atoms with Crippen molar-refractivity contribution in [2.24, 2.45) is 0 Å². The Balaban J connectivity index is 2.00.